The number of nitrogens with one attached hydrogen (secondary N) is 1. The second-order valence-electron chi connectivity index (χ2n) is 6.53. The van der Waals surface area contributed by atoms with Crippen LogP contribution in [-0.2, 0) is 9.59 Å². The molecule has 0 amide bonds. The number of rotatable bonds is 9. The van der Waals surface area contributed by atoms with Crippen molar-refractivity contribution in [3.8, 4) is 11.3 Å². The van der Waals surface area contributed by atoms with Crippen molar-refractivity contribution in [3.63, 3.8) is 0 Å². The molecule has 2 atom stereocenters. The number of hydrogen-bond donors (Lipinski definition) is 3. The van der Waals surface area contributed by atoms with Crippen LogP contribution in [0.15, 0.2) is 40.8 Å². The van der Waals surface area contributed by atoms with Crippen LogP contribution in [0.5, 0.6) is 0 Å². The van der Waals surface area contributed by atoms with Gasteiger partial charge in [0.15, 0.2) is 0 Å². The van der Waals surface area contributed by atoms with Gasteiger partial charge in [0.1, 0.15) is 23.5 Å². The van der Waals surface area contributed by atoms with E-state index < -0.39 is 23.9 Å². The maximum absolute atomic E-state index is 11.6. The molecule has 0 spiro atoms. The van der Waals surface area contributed by atoms with Gasteiger partial charge in [0.2, 0.25) is 0 Å². The number of hydrogen-bond acceptors (Lipinski definition) is 4. The first-order chi connectivity index (χ1) is 12.3. The Balaban J connectivity index is 2.13. The van der Waals surface area contributed by atoms with Gasteiger partial charge in [-0.05, 0) is 48.7 Å². The Hall–Kier alpha value is -2.31. The molecule has 0 aliphatic heterocycles. The van der Waals surface area contributed by atoms with E-state index in [0.29, 0.717) is 17.2 Å². The zero-order valence-electron chi connectivity index (χ0n) is 14.6. The Morgan fingerprint density at radius 3 is 2.27 bits per heavy atom. The van der Waals surface area contributed by atoms with Crippen LogP contribution in [0.3, 0.4) is 0 Å². The summed E-state index contributed by atoms with van der Waals surface area (Å²) in [7, 11) is 0. The van der Waals surface area contributed by atoms with Gasteiger partial charge in [-0.25, -0.2) is 0 Å². The number of aliphatic carboxylic acids is 2. The van der Waals surface area contributed by atoms with Gasteiger partial charge in [0.25, 0.3) is 0 Å². The van der Waals surface area contributed by atoms with E-state index >= 15 is 0 Å². The van der Waals surface area contributed by atoms with Gasteiger partial charge in [-0.1, -0.05) is 25.4 Å². The van der Waals surface area contributed by atoms with Crippen molar-refractivity contribution in [2.75, 3.05) is 6.54 Å². The number of halogens is 1. The van der Waals surface area contributed by atoms with Crippen LogP contribution in [0.2, 0.25) is 5.02 Å². The molecule has 6 nitrogen and oxygen atoms in total. The molecule has 0 aliphatic carbocycles. The quantitative estimate of drug-likeness (QED) is 0.611. The average Bonchev–Trinajstić information content (AvgIpc) is 3.03. The van der Waals surface area contributed by atoms with E-state index in [2.05, 4.69) is 5.32 Å². The summed E-state index contributed by atoms with van der Waals surface area (Å²) in [6, 6.07) is 9.49. The van der Waals surface area contributed by atoms with Crippen LogP contribution in [0, 0.1) is 5.92 Å². The van der Waals surface area contributed by atoms with Gasteiger partial charge in [-0.3, -0.25) is 9.59 Å². The van der Waals surface area contributed by atoms with Crippen molar-refractivity contribution in [1.29, 1.82) is 0 Å². The smallest absolute Gasteiger partial charge is 0.320 e. The molecule has 2 aromatic rings. The Kier molecular flexibility index (Phi) is 6.83. The second kappa shape index (κ2) is 8.87. The molecule has 1 heterocycles. The topological polar surface area (TPSA) is 99.8 Å². The van der Waals surface area contributed by atoms with E-state index in [4.69, 9.17) is 16.0 Å². The first-order valence-corrected chi connectivity index (χ1v) is 8.70. The van der Waals surface area contributed by atoms with Gasteiger partial charge in [0.05, 0.1) is 0 Å². The van der Waals surface area contributed by atoms with Crippen molar-refractivity contribution in [2.24, 2.45) is 5.92 Å². The molecule has 0 radical (unpaired) electrons. The largest absolute Gasteiger partial charge is 0.481 e. The molecule has 0 bridgehead atoms. The molecule has 0 saturated carbocycles. The standard InChI is InChI=1S/C19H22ClNO5/c1-11(2)9-15(19(24)25)21-10-14(18(22)23)17-8-7-16(26-17)12-3-5-13(20)6-4-12/h3-8,11,14-15,21H,9-10H2,1-2H3,(H,22,23)(H,24,25). The fourth-order valence-electron chi connectivity index (χ4n) is 2.62. The van der Waals surface area contributed by atoms with Gasteiger partial charge in [-0.15, -0.1) is 0 Å². The molecule has 0 aliphatic rings. The third-order valence-corrected chi connectivity index (χ3v) is 4.22. The van der Waals surface area contributed by atoms with Crippen LogP contribution < -0.4 is 5.32 Å². The first kappa shape index (κ1) is 20.0. The van der Waals surface area contributed by atoms with Crippen molar-refractivity contribution in [3.05, 3.63) is 47.2 Å². The Morgan fingerprint density at radius 2 is 1.73 bits per heavy atom. The summed E-state index contributed by atoms with van der Waals surface area (Å²) >= 11 is 5.86. The highest BCUT2D eigenvalue weighted by atomic mass is 35.5. The van der Waals surface area contributed by atoms with Gasteiger partial charge >= 0.3 is 11.9 Å². The summed E-state index contributed by atoms with van der Waals surface area (Å²) in [5.74, 6) is -2.09. The molecule has 3 N–H and O–H groups in total. The number of carboxylic acids is 2. The molecular weight excluding hydrogens is 358 g/mol. The fraction of sp³-hybridized carbons (Fsp3) is 0.368. The maximum Gasteiger partial charge on any atom is 0.320 e. The lowest BCUT2D eigenvalue weighted by Crippen LogP contribution is -2.41. The molecular formula is C19H22ClNO5. The minimum Gasteiger partial charge on any atom is -0.481 e. The van der Waals surface area contributed by atoms with Crippen LogP contribution in [-0.4, -0.2) is 34.7 Å². The highest BCUT2D eigenvalue weighted by Gasteiger charge is 2.27. The molecule has 140 valence electrons. The average molecular weight is 380 g/mol. The molecule has 1 aromatic heterocycles. The highest BCUT2D eigenvalue weighted by molar-refractivity contribution is 6.30. The Labute approximate surface area is 156 Å². The Bertz CT molecular complexity index is 754. The molecule has 1 aromatic carbocycles. The molecule has 0 fully saturated rings. The SMILES string of the molecule is CC(C)CC(NCC(C(=O)O)c1ccc(-c2ccc(Cl)cc2)o1)C(=O)O. The third kappa shape index (κ3) is 5.34. The lowest BCUT2D eigenvalue weighted by Gasteiger charge is -2.18. The van der Waals surface area contributed by atoms with Crippen molar-refractivity contribution in [2.45, 2.75) is 32.2 Å². The molecule has 2 rings (SSSR count). The van der Waals surface area contributed by atoms with Gasteiger partial charge in [0, 0.05) is 17.1 Å². The minimum absolute atomic E-state index is 0.0351. The van der Waals surface area contributed by atoms with E-state index in [-0.39, 0.29) is 18.2 Å². The summed E-state index contributed by atoms with van der Waals surface area (Å²) in [5, 5.41) is 22.2. The number of furan rings is 1. The summed E-state index contributed by atoms with van der Waals surface area (Å²) < 4.78 is 5.70. The first-order valence-electron chi connectivity index (χ1n) is 8.32. The number of benzene rings is 1. The minimum atomic E-state index is -1.08. The fourth-order valence-corrected chi connectivity index (χ4v) is 2.75. The highest BCUT2D eigenvalue weighted by Crippen LogP contribution is 2.27. The lowest BCUT2D eigenvalue weighted by atomic mass is 10.0. The predicted octanol–water partition coefficient (Wildman–Crippen LogP) is 3.86. The Morgan fingerprint density at radius 1 is 1.08 bits per heavy atom. The van der Waals surface area contributed by atoms with E-state index in [1.54, 1.807) is 36.4 Å². The summed E-state index contributed by atoms with van der Waals surface area (Å²) in [4.78, 5) is 23.0. The molecule has 0 saturated heterocycles. The summed E-state index contributed by atoms with van der Waals surface area (Å²) in [6.07, 6.45) is 0.413. The van der Waals surface area contributed by atoms with Crippen LogP contribution in [0.25, 0.3) is 11.3 Å². The second-order valence-corrected chi connectivity index (χ2v) is 6.96. The molecule has 7 heteroatoms. The van der Waals surface area contributed by atoms with Crippen molar-refractivity contribution in [1.82, 2.24) is 5.32 Å². The number of carbonyl (C=O) groups is 2. The third-order valence-electron chi connectivity index (χ3n) is 3.97. The van der Waals surface area contributed by atoms with Crippen molar-refractivity contribution >= 4 is 23.5 Å². The van der Waals surface area contributed by atoms with Crippen LogP contribution >= 0.6 is 11.6 Å². The molecule has 2 unspecified atom stereocenters. The van der Waals surface area contributed by atoms with E-state index in [9.17, 15) is 19.8 Å². The normalized spacial score (nSPS) is 13.5. The van der Waals surface area contributed by atoms with Gasteiger partial charge in [-0.2, -0.15) is 0 Å². The van der Waals surface area contributed by atoms with E-state index in [1.807, 2.05) is 13.8 Å². The summed E-state index contributed by atoms with van der Waals surface area (Å²) in [6.45, 7) is 3.79. The van der Waals surface area contributed by atoms with E-state index in [0.717, 1.165) is 5.56 Å². The van der Waals surface area contributed by atoms with E-state index in [1.165, 1.54) is 0 Å². The van der Waals surface area contributed by atoms with Crippen molar-refractivity contribution < 1.29 is 24.2 Å². The summed E-state index contributed by atoms with van der Waals surface area (Å²) in [5.41, 5.74) is 0.779. The number of carboxylic acid groups (broad SMARTS) is 2. The van der Waals surface area contributed by atoms with Crippen LogP contribution in [0.1, 0.15) is 31.9 Å². The van der Waals surface area contributed by atoms with Crippen LogP contribution in [0.4, 0.5) is 0 Å². The maximum atomic E-state index is 11.6. The molecule has 26 heavy (non-hydrogen) atoms. The predicted molar refractivity (Wildman–Crippen MR) is 98.4 cm³/mol. The van der Waals surface area contributed by atoms with Gasteiger partial charge < -0.3 is 19.9 Å². The zero-order valence-corrected chi connectivity index (χ0v) is 15.4. The zero-order chi connectivity index (χ0) is 19.3. The monoisotopic (exact) mass is 379 g/mol. The lowest BCUT2D eigenvalue weighted by molar-refractivity contribution is -0.142.